The zero-order valence-corrected chi connectivity index (χ0v) is 20.7. The summed E-state index contributed by atoms with van der Waals surface area (Å²) in [6, 6.07) is 19.1. The first-order chi connectivity index (χ1) is 15.7. The van der Waals surface area contributed by atoms with Crippen molar-refractivity contribution in [1.29, 1.82) is 0 Å². The lowest BCUT2D eigenvalue weighted by atomic mass is 10.1. The molecule has 3 aromatic rings. The van der Waals surface area contributed by atoms with E-state index in [1.165, 1.54) is 5.56 Å². The van der Waals surface area contributed by atoms with E-state index in [2.05, 4.69) is 12.2 Å². The van der Waals surface area contributed by atoms with Crippen LogP contribution >= 0.6 is 11.6 Å². The topological polar surface area (TPSA) is 66.5 Å². The normalized spacial score (nSPS) is 11.3. The number of rotatable bonds is 9. The summed E-state index contributed by atoms with van der Waals surface area (Å²) in [6.07, 6.45) is 3.22. The van der Waals surface area contributed by atoms with Crippen LogP contribution in [-0.2, 0) is 21.2 Å². The van der Waals surface area contributed by atoms with Gasteiger partial charge in [0.2, 0.25) is 5.91 Å². The summed E-state index contributed by atoms with van der Waals surface area (Å²) < 4.78 is 28.2. The molecule has 0 saturated heterocycles. The number of halogens is 1. The second-order valence-electron chi connectivity index (χ2n) is 8.10. The number of nitrogens with one attached hydrogen (secondary N) is 1. The van der Waals surface area contributed by atoms with Gasteiger partial charge in [0.15, 0.2) is 0 Å². The van der Waals surface area contributed by atoms with Crippen LogP contribution in [0, 0.1) is 13.8 Å². The van der Waals surface area contributed by atoms with E-state index in [9.17, 15) is 13.2 Å². The average Bonchev–Trinajstić information content (AvgIpc) is 2.78. The molecule has 33 heavy (non-hydrogen) atoms. The SMILES string of the molecule is CCCCc1ccc(NC(=O)CN(c2ccc(Cl)cc2C)S(=O)(=O)c2ccc(C)cc2)cc1. The molecule has 0 bridgehead atoms. The lowest BCUT2D eigenvalue weighted by molar-refractivity contribution is -0.114. The quantitative estimate of drug-likeness (QED) is 0.397. The molecule has 0 fully saturated rings. The number of carbonyl (C=O) groups excluding carboxylic acids is 1. The number of sulfonamides is 1. The molecule has 3 aromatic carbocycles. The van der Waals surface area contributed by atoms with Crippen molar-refractivity contribution in [3.63, 3.8) is 0 Å². The number of hydrogen-bond donors (Lipinski definition) is 1. The molecular weight excluding hydrogens is 456 g/mol. The third kappa shape index (κ3) is 6.36. The van der Waals surface area contributed by atoms with Crippen LogP contribution in [0.4, 0.5) is 11.4 Å². The second-order valence-corrected chi connectivity index (χ2v) is 10.4. The highest BCUT2D eigenvalue weighted by atomic mass is 35.5. The summed E-state index contributed by atoms with van der Waals surface area (Å²) in [5.74, 6) is -0.429. The Hall–Kier alpha value is -2.83. The minimum absolute atomic E-state index is 0.121. The Morgan fingerprint density at radius 2 is 1.64 bits per heavy atom. The first kappa shape index (κ1) is 24.8. The molecule has 1 N–H and O–H groups in total. The van der Waals surface area contributed by atoms with Gasteiger partial charge in [0.25, 0.3) is 10.0 Å². The Morgan fingerprint density at radius 3 is 2.24 bits per heavy atom. The molecule has 0 aliphatic carbocycles. The number of hydrogen-bond acceptors (Lipinski definition) is 3. The maximum Gasteiger partial charge on any atom is 0.264 e. The Morgan fingerprint density at radius 1 is 0.970 bits per heavy atom. The van der Waals surface area contributed by atoms with Gasteiger partial charge in [-0.05, 0) is 80.3 Å². The van der Waals surface area contributed by atoms with Crippen molar-refractivity contribution in [1.82, 2.24) is 0 Å². The van der Waals surface area contributed by atoms with Crippen molar-refractivity contribution < 1.29 is 13.2 Å². The molecule has 0 aliphatic rings. The van der Waals surface area contributed by atoms with Gasteiger partial charge >= 0.3 is 0 Å². The average molecular weight is 485 g/mol. The number of unbranched alkanes of at least 4 members (excludes halogenated alkanes) is 1. The van der Waals surface area contributed by atoms with Crippen LogP contribution < -0.4 is 9.62 Å². The van der Waals surface area contributed by atoms with E-state index in [4.69, 9.17) is 11.6 Å². The molecule has 7 heteroatoms. The highest BCUT2D eigenvalue weighted by molar-refractivity contribution is 7.92. The molecule has 5 nitrogen and oxygen atoms in total. The largest absolute Gasteiger partial charge is 0.325 e. The van der Waals surface area contributed by atoms with Crippen LogP contribution in [0.3, 0.4) is 0 Å². The van der Waals surface area contributed by atoms with Gasteiger partial charge in [-0.15, -0.1) is 0 Å². The van der Waals surface area contributed by atoms with E-state index in [1.54, 1.807) is 49.4 Å². The third-order valence-electron chi connectivity index (χ3n) is 5.38. The molecule has 0 aromatic heterocycles. The minimum Gasteiger partial charge on any atom is -0.325 e. The van der Waals surface area contributed by atoms with Gasteiger partial charge < -0.3 is 5.32 Å². The van der Waals surface area contributed by atoms with Crippen LogP contribution in [0.5, 0.6) is 0 Å². The number of amides is 1. The van der Waals surface area contributed by atoms with Gasteiger partial charge in [0.1, 0.15) is 6.54 Å². The van der Waals surface area contributed by atoms with Gasteiger partial charge in [-0.2, -0.15) is 0 Å². The Balaban J connectivity index is 1.88. The van der Waals surface area contributed by atoms with Gasteiger partial charge in [-0.25, -0.2) is 8.42 Å². The van der Waals surface area contributed by atoms with Gasteiger partial charge in [0, 0.05) is 10.7 Å². The zero-order chi connectivity index (χ0) is 24.0. The molecule has 0 spiro atoms. The highest BCUT2D eigenvalue weighted by Crippen LogP contribution is 2.29. The van der Waals surface area contributed by atoms with E-state index < -0.39 is 15.9 Å². The zero-order valence-electron chi connectivity index (χ0n) is 19.1. The van der Waals surface area contributed by atoms with Crippen molar-refractivity contribution in [2.24, 2.45) is 0 Å². The number of anilines is 2. The van der Waals surface area contributed by atoms with Gasteiger partial charge in [-0.3, -0.25) is 9.10 Å². The van der Waals surface area contributed by atoms with E-state index >= 15 is 0 Å². The summed E-state index contributed by atoms with van der Waals surface area (Å²) in [5, 5.41) is 3.31. The minimum atomic E-state index is -3.98. The third-order valence-corrected chi connectivity index (χ3v) is 7.39. The molecule has 1 amide bonds. The molecular formula is C26H29ClN2O3S. The van der Waals surface area contributed by atoms with Crippen LogP contribution in [-0.4, -0.2) is 20.9 Å². The van der Waals surface area contributed by atoms with Crippen molar-refractivity contribution in [2.75, 3.05) is 16.2 Å². The van der Waals surface area contributed by atoms with Gasteiger partial charge in [-0.1, -0.05) is 54.8 Å². The van der Waals surface area contributed by atoms with E-state index in [0.29, 0.717) is 22.0 Å². The smallest absolute Gasteiger partial charge is 0.264 e. The van der Waals surface area contributed by atoms with Crippen LogP contribution in [0.25, 0.3) is 0 Å². The molecule has 0 heterocycles. The van der Waals surface area contributed by atoms with E-state index in [1.807, 2.05) is 31.2 Å². The Labute approximate surface area is 201 Å². The number of nitrogens with zero attached hydrogens (tertiary/aromatic N) is 1. The maximum atomic E-state index is 13.5. The van der Waals surface area contributed by atoms with Crippen molar-refractivity contribution >= 4 is 38.9 Å². The fraction of sp³-hybridized carbons (Fsp3) is 0.269. The summed E-state index contributed by atoms with van der Waals surface area (Å²) in [6.45, 7) is 5.44. The van der Waals surface area contributed by atoms with Crippen LogP contribution in [0.1, 0.15) is 36.5 Å². The number of aryl methyl sites for hydroxylation is 3. The second kappa shape index (κ2) is 10.9. The summed E-state index contributed by atoms with van der Waals surface area (Å²) in [7, 11) is -3.98. The van der Waals surface area contributed by atoms with Crippen LogP contribution in [0.15, 0.2) is 71.6 Å². The molecule has 3 rings (SSSR count). The highest BCUT2D eigenvalue weighted by Gasteiger charge is 2.28. The molecule has 0 unspecified atom stereocenters. The molecule has 0 atom stereocenters. The first-order valence-corrected chi connectivity index (χ1v) is 12.8. The van der Waals surface area contributed by atoms with Gasteiger partial charge in [0.05, 0.1) is 10.6 Å². The molecule has 0 saturated carbocycles. The fourth-order valence-corrected chi connectivity index (χ4v) is 5.21. The number of benzene rings is 3. The fourth-order valence-electron chi connectivity index (χ4n) is 3.50. The van der Waals surface area contributed by atoms with E-state index in [-0.39, 0.29) is 11.4 Å². The standard InChI is InChI=1S/C26H29ClN2O3S/c1-4-5-6-21-9-12-23(13-10-21)28-26(30)18-29(25-16-11-22(27)17-20(25)3)33(31,32)24-14-7-19(2)8-15-24/h7-17H,4-6,18H2,1-3H3,(H,28,30). The Bertz CT molecular complexity index is 1210. The number of carbonyl (C=O) groups is 1. The molecule has 0 radical (unpaired) electrons. The summed E-state index contributed by atoms with van der Waals surface area (Å²) >= 11 is 6.08. The first-order valence-electron chi connectivity index (χ1n) is 10.9. The maximum absolute atomic E-state index is 13.5. The lowest BCUT2D eigenvalue weighted by Gasteiger charge is -2.26. The van der Waals surface area contributed by atoms with Crippen molar-refractivity contribution in [3.8, 4) is 0 Å². The van der Waals surface area contributed by atoms with Crippen molar-refractivity contribution in [2.45, 2.75) is 44.9 Å². The Kier molecular flexibility index (Phi) is 8.16. The predicted octanol–water partition coefficient (Wildman–Crippen LogP) is 6.13. The molecule has 174 valence electrons. The predicted molar refractivity (Wildman–Crippen MR) is 136 cm³/mol. The monoisotopic (exact) mass is 484 g/mol. The summed E-state index contributed by atoms with van der Waals surface area (Å²) in [5.41, 5.74) is 3.84. The molecule has 0 aliphatic heterocycles. The van der Waals surface area contributed by atoms with Crippen LogP contribution in [0.2, 0.25) is 5.02 Å². The lowest BCUT2D eigenvalue weighted by Crippen LogP contribution is -2.38. The van der Waals surface area contributed by atoms with Crippen molar-refractivity contribution in [3.05, 3.63) is 88.4 Å². The van der Waals surface area contributed by atoms with E-state index in [0.717, 1.165) is 29.1 Å². The summed E-state index contributed by atoms with van der Waals surface area (Å²) in [4.78, 5) is 13.0.